The van der Waals surface area contributed by atoms with Gasteiger partial charge in [0.05, 0.1) is 0 Å². The molecular formula is C19H22ClFN2O. The number of halogens is 2. The monoisotopic (exact) mass is 348 g/mol. The highest BCUT2D eigenvalue weighted by Crippen LogP contribution is 2.10. The minimum Gasteiger partial charge on any atom is -0.356 e. The Hall–Kier alpha value is -1.91. The molecule has 0 aliphatic rings. The SMILES string of the molecule is O=C(CCNCCc1cccc(Cl)c1)NCCc1ccc(F)cc1. The van der Waals surface area contributed by atoms with Crippen molar-refractivity contribution in [3.8, 4) is 0 Å². The Balaban J connectivity index is 1.52. The van der Waals surface area contributed by atoms with E-state index in [1.54, 1.807) is 12.1 Å². The van der Waals surface area contributed by atoms with E-state index in [9.17, 15) is 9.18 Å². The fraction of sp³-hybridized carbons (Fsp3) is 0.316. The topological polar surface area (TPSA) is 41.1 Å². The van der Waals surface area contributed by atoms with Crippen LogP contribution in [0.25, 0.3) is 0 Å². The largest absolute Gasteiger partial charge is 0.356 e. The molecule has 0 bridgehead atoms. The lowest BCUT2D eigenvalue weighted by molar-refractivity contribution is -0.120. The molecular weight excluding hydrogens is 327 g/mol. The second-order valence-electron chi connectivity index (χ2n) is 5.61. The van der Waals surface area contributed by atoms with E-state index in [0.29, 0.717) is 25.9 Å². The highest BCUT2D eigenvalue weighted by atomic mass is 35.5. The standard InChI is InChI=1S/C19H22ClFN2O/c20-17-3-1-2-16(14-17)8-11-22-12-10-19(24)23-13-9-15-4-6-18(21)7-5-15/h1-7,14,22H,8-13H2,(H,23,24). The van der Waals surface area contributed by atoms with Crippen LogP contribution in [-0.2, 0) is 17.6 Å². The van der Waals surface area contributed by atoms with Gasteiger partial charge in [-0.1, -0.05) is 35.9 Å². The Morgan fingerprint density at radius 1 is 0.958 bits per heavy atom. The van der Waals surface area contributed by atoms with Gasteiger partial charge in [0.15, 0.2) is 0 Å². The lowest BCUT2D eigenvalue weighted by atomic mass is 10.1. The molecule has 2 N–H and O–H groups in total. The summed E-state index contributed by atoms with van der Waals surface area (Å²) in [5.74, 6) is -0.223. The predicted molar refractivity (Wildman–Crippen MR) is 95.8 cm³/mol. The van der Waals surface area contributed by atoms with Crippen molar-refractivity contribution in [3.63, 3.8) is 0 Å². The molecule has 5 heteroatoms. The molecule has 0 unspecified atom stereocenters. The van der Waals surface area contributed by atoms with Crippen molar-refractivity contribution in [2.75, 3.05) is 19.6 Å². The van der Waals surface area contributed by atoms with E-state index >= 15 is 0 Å². The minimum absolute atomic E-state index is 0.0207. The molecule has 2 aromatic rings. The van der Waals surface area contributed by atoms with Crippen molar-refractivity contribution in [2.24, 2.45) is 0 Å². The molecule has 0 radical (unpaired) electrons. The summed E-state index contributed by atoms with van der Waals surface area (Å²) in [6.07, 6.45) is 2.03. The molecule has 0 heterocycles. The van der Waals surface area contributed by atoms with Crippen molar-refractivity contribution >= 4 is 17.5 Å². The van der Waals surface area contributed by atoms with Gasteiger partial charge in [-0.25, -0.2) is 4.39 Å². The molecule has 0 saturated carbocycles. The maximum atomic E-state index is 12.8. The number of carbonyl (C=O) groups excluding carboxylic acids is 1. The summed E-state index contributed by atoms with van der Waals surface area (Å²) in [7, 11) is 0. The number of carbonyl (C=O) groups is 1. The highest BCUT2D eigenvalue weighted by molar-refractivity contribution is 6.30. The Morgan fingerprint density at radius 3 is 2.46 bits per heavy atom. The lowest BCUT2D eigenvalue weighted by Crippen LogP contribution is -2.29. The molecule has 2 aromatic carbocycles. The summed E-state index contributed by atoms with van der Waals surface area (Å²) in [5.41, 5.74) is 2.19. The van der Waals surface area contributed by atoms with Crippen LogP contribution < -0.4 is 10.6 Å². The minimum atomic E-state index is -0.244. The highest BCUT2D eigenvalue weighted by Gasteiger charge is 2.01. The zero-order valence-electron chi connectivity index (χ0n) is 13.5. The maximum absolute atomic E-state index is 12.8. The Labute approximate surface area is 147 Å². The Kier molecular flexibility index (Phi) is 7.72. The van der Waals surface area contributed by atoms with Crippen LogP contribution in [0.4, 0.5) is 4.39 Å². The molecule has 24 heavy (non-hydrogen) atoms. The third-order valence-electron chi connectivity index (χ3n) is 3.66. The molecule has 0 atom stereocenters. The van der Waals surface area contributed by atoms with E-state index in [2.05, 4.69) is 10.6 Å². The molecule has 2 rings (SSSR count). The van der Waals surface area contributed by atoms with E-state index in [1.807, 2.05) is 24.3 Å². The van der Waals surface area contributed by atoms with Gasteiger partial charge in [0.1, 0.15) is 5.82 Å². The first-order valence-electron chi connectivity index (χ1n) is 8.10. The van der Waals surface area contributed by atoms with Crippen LogP contribution in [0.5, 0.6) is 0 Å². The second kappa shape index (κ2) is 10.1. The van der Waals surface area contributed by atoms with E-state index < -0.39 is 0 Å². The fourth-order valence-corrected chi connectivity index (χ4v) is 2.55. The summed E-state index contributed by atoms with van der Waals surface area (Å²) in [6.45, 7) is 2.01. The number of hydrogen-bond acceptors (Lipinski definition) is 2. The van der Waals surface area contributed by atoms with Gasteiger partial charge >= 0.3 is 0 Å². The van der Waals surface area contributed by atoms with Crippen LogP contribution in [0.3, 0.4) is 0 Å². The van der Waals surface area contributed by atoms with Gasteiger partial charge < -0.3 is 10.6 Å². The van der Waals surface area contributed by atoms with Crippen LogP contribution >= 0.6 is 11.6 Å². The van der Waals surface area contributed by atoms with Crippen molar-refractivity contribution in [1.82, 2.24) is 10.6 Å². The predicted octanol–water partition coefficient (Wildman–Crippen LogP) is 3.36. The average molecular weight is 349 g/mol. The first-order valence-corrected chi connectivity index (χ1v) is 8.47. The molecule has 0 aliphatic heterocycles. The van der Waals surface area contributed by atoms with Gasteiger partial charge in [0, 0.05) is 24.5 Å². The van der Waals surface area contributed by atoms with E-state index in [4.69, 9.17) is 11.6 Å². The summed E-state index contributed by atoms with van der Waals surface area (Å²) in [6, 6.07) is 14.1. The summed E-state index contributed by atoms with van der Waals surface area (Å²) >= 11 is 5.94. The van der Waals surface area contributed by atoms with E-state index in [1.165, 1.54) is 17.7 Å². The quantitative estimate of drug-likeness (QED) is 0.682. The number of hydrogen-bond donors (Lipinski definition) is 2. The molecule has 0 aromatic heterocycles. The van der Waals surface area contributed by atoms with Gasteiger partial charge in [0.25, 0.3) is 0 Å². The summed E-state index contributed by atoms with van der Waals surface area (Å²) < 4.78 is 12.8. The number of amides is 1. The average Bonchev–Trinajstić information content (AvgIpc) is 2.56. The molecule has 0 fully saturated rings. The summed E-state index contributed by atoms with van der Waals surface area (Å²) in [5, 5.41) is 6.87. The smallest absolute Gasteiger partial charge is 0.221 e. The number of rotatable bonds is 9. The van der Waals surface area contributed by atoms with Crippen LogP contribution in [0.2, 0.25) is 5.02 Å². The van der Waals surface area contributed by atoms with Crippen LogP contribution in [0, 0.1) is 5.82 Å². The van der Waals surface area contributed by atoms with Crippen molar-refractivity contribution in [3.05, 3.63) is 70.5 Å². The third-order valence-corrected chi connectivity index (χ3v) is 3.89. The number of benzene rings is 2. The van der Waals surface area contributed by atoms with Gasteiger partial charge in [0.2, 0.25) is 5.91 Å². The van der Waals surface area contributed by atoms with E-state index in [0.717, 1.165) is 23.6 Å². The van der Waals surface area contributed by atoms with Crippen molar-refractivity contribution < 1.29 is 9.18 Å². The molecule has 0 aliphatic carbocycles. The third kappa shape index (κ3) is 7.11. The van der Waals surface area contributed by atoms with Gasteiger partial charge in [-0.3, -0.25) is 4.79 Å². The van der Waals surface area contributed by atoms with Crippen LogP contribution in [0.15, 0.2) is 48.5 Å². The molecule has 0 saturated heterocycles. The van der Waals surface area contributed by atoms with Gasteiger partial charge in [-0.05, 0) is 54.8 Å². The number of nitrogens with one attached hydrogen (secondary N) is 2. The normalized spacial score (nSPS) is 10.6. The fourth-order valence-electron chi connectivity index (χ4n) is 2.34. The second-order valence-corrected chi connectivity index (χ2v) is 6.04. The first kappa shape index (κ1) is 18.4. The summed E-state index contributed by atoms with van der Waals surface area (Å²) in [4.78, 5) is 11.7. The van der Waals surface area contributed by atoms with Crippen molar-refractivity contribution in [2.45, 2.75) is 19.3 Å². The zero-order valence-corrected chi connectivity index (χ0v) is 14.3. The Bertz CT molecular complexity index is 646. The van der Waals surface area contributed by atoms with E-state index in [-0.39, 0.29) is 11.7 Å². The first-order chi connectivity index (χ1) is 11.6. The van der Waals surface area contributed by atoms with Gasteiger partial charge in [-0.15, -0.1) is 0 Å². The molecule has 3 nitrogen and oxygen atoms in total. The maximum Gasteiger partial charge on any atom is 0.221 e. The van der Waals surface area contributed by atoms with Crippen LogP contribution in [-0.4, -0.2) is 25.5 Å². The zero-order chi connectivity index (χ0) is 17.2. The van der Waals surface area contributed by atoms with Crippen LogP contribution in [0.1, 0.15) is 17.5 Å². The van der Waals surface area contributed by atoms with Crippen molar-refractivity contribution in [1.29, 1.82) is 0 Å². The molecule has 1 amide bonds. The van der Waals surface area contributed by atoms with Gasteiger partial charge in [-0.2, -0.15) is 0 Å². The molecule has 128 valence electrons. The Morgan fingerprint density at radius 2 is 1.71 bits per heavy atom. The molecule has 0 spiro atoms. The lowest BCUT2D eigenvalue weighted by Gasteiger charge is -2.07.